The van der Waals surface area contributed by atoms with E-state index in [0.717, 1.165) is 74.1 Å². The van der Waals surface area contributed by atoms with Crippen LogP contribution in [-0.2, 0) is 14.3 Å². The summed E-state index contributed by atoms with van der Waals surface area (Å²) in [6.07, 6.45) is 4.65. The zero-order valence-electron chi connectivity index (χ0n) is 21.4. The fourth-order valence-electron chi connectivity index (χ4n) is 4.13. The lowest BCUT2D eigenvalue weighted by molar-refractivity contribution is -0.114. The molecule has 1 aromatic carbocycles. The summed E-state index contributed by atoms with van der Waals surface area (Å²) in [7, 11) is 1.65. The quantitative estimate of drug-likeness (QED) is 0.280. The third-order valence-corrected chi connectivity index (χ3v) is 6.34. The van der Waals surface area contributed by atoms with Gasteiger partial charge in [0.15, 0.2) is 0 Å². The van der Waals surface area contributed by atoms with Crippen molar-refractivity contribution in [1.82, 2.24) is 5.32 Å². The van der Waals surface area contributed by atoms with Crippen molar-refractivity contribution in [2.45, 2.75) is 46.1 Å². The van der Waals surface area contributed by atoms with Crippen LogP contribution in [0.1, 0.15) is 40.0 Å². The molecule has 1 aromatic rings. The summed E-state index contributed by atoms with van der Waals surface area (Å²) >= 11 is 0. The van der Waals surface area contributed by atoms with Crippen molar-refractivity contribution in [3.8, 4) is 5.75 Å². The van der Waals surface area contributed by atoms with Gasteiger partial charge in [-0.25, -0.2) is 4.99 Å². The molecule has 2 fully saturated rings. The van der Waals surface area contributed by atoms with E-state index >= 15 is 0 Å². The monoisotopic (exact) mass is 485 g/mol. The number of rotatable bonds is 9. The maximum absolute atomic E-state index is 12.2. The predicted molar refractivity (Wildman–Crippen MR) is 140 cm³/mol. The minimum Gasteiger partial charge on any atom is -0.495 e. The Morgan fingerprint density at radius 1 is 1.23 bits per heavy atom. The number of carbonyl (C=O) groups is 1. The first-order valence-corrected chi connectivity index (χ1v) is 12.3. The summed E-state index contributed by atoms with van der Waals surface area (Å²) in [4.78, 5) is 19.3. The molecule has 0 spiro atoms. The molecule has 2 aliphatic heterocycles. The lowest BCUT2D eigenvalue weighted by Crippen LogP contribution is -2.40. The maximum Gasteiger partial charge on any atom is 0.248 e. The number of nitrogens with two attached hydrogens (primary N) is 1. The number of nitrogens with zero attached hydrogens (tertiary/aromatic N) is 2. The van der Waals surface area contributed by atoms with Gasteiger partial charge in [0, 0.05) is 44.1 Å². The molecule has 0 atom stereocenters. The lowest BCUT2D eigenvalue weighted by atomic mass is 10.1. The highest BCUT2D eigenvalue weighted by Gasteiger charge is 2.19. The van der Waals surface area contributed by atoms with E-state index in [1.54, 1.807) is 14.0 Å². The number of benzene rings is 1. The average molecular weight is 486 g/mol. The maximum atomic E-state index is 12.2. The van der Waals surface area contributed by atoms with Crippen LogP contribution in [-0.4, -0.2) is 64.4 Å². The van der Waals surface area contributed by atoms with Crippen LogP contribution in [0.15, 0.2) is 46.2 Å². The number of amidine groups is 1. The van der Waals surface area contributed by atoms with E-state index in [2.05, 4.69) is 22.5 Å². The summed E-state index contributed by atoms with van der Waals surface area (Å²) in [5.74, 6) is 1.35. The average Bonchev–Trinajstić information content (AvgIpc) is 2.89. The molecule has 4 N–H and O–H groups in total. The van der Waals surface area contributed by atoms with Gasteiger partial charge in [0.1, 0.15) is 17.4 Å². The first-order valence-electron chi connectivity index (χ1n) is 12.3. The van der Waals surface area contributed by atoms with E-state index in [-0.39, 0.29) is 6.04 Å². The van der Waals surface area contributed by atoms with Gasteiger partial charge in [0.05, 0.1) is 31.6 Å². The number of morpholine rings is 1. The highest BCUT2D eigenvalue weighted by molar-refractivity contribution is 6.00. The molecule has 1 amide bonds. The van der Waals surface area contributed by atoms with Crippen LogP contribution in [0.4, 0.5) is 11.4 Å². The molecule has 192 valence electrons. The van der Waals surface area contributed by atoms with Gasteiger partial charge >= 0.3 is 0 Å². The number of anilines is 2. The predicted octanol–water partition coefficient (Wildman–Crippen LogP) is 3.18. The number of ether oxygens (including phenoxy) is 3. The van der Waals surface area contributed by atoms with Crippen molar-refractivity contribution >= 4 is 23.1 Å². The Hall–Kier alpha value is -3.04. The van der Waals surface area contributed by atoms with Crippen molar-refractivity contribution < 1.29 is 19.0 Å². The molecule has 0 saturated carbocycles. The summed E-state index contributed by atoms with van der Waals surface area (Å²) in [6.45, 7) is 10.2. The molecule has 35 heavy (non-hydrogen) atoms. The largest absolute Gasteiger partial charge is 0.495 e. The molecule has 0 bridgehead atoms. The van der Waals surface area contributed by atoms with Gasteiger partial charge in [-0.15, -0.1) is 0 Å². The Morgan fingerprint density at radius 2 is 1.91 bits per heavy atom. The van der Waals surface area contributed by atoms with Crippen LogP contribution in [0.2, 0.25) is 0 Å². The van der Waals surface area contributed by atoms with Crippen molar-refractivity contribution in [2.75, 3.05) is 56.8 Å². The number of methoxy groups -OCH3 is 1. The van der Waals surface area contributed by atoms with Gasteiger partial charge in [-0.05, 0) is 50.8 Å². The Kier molecular flexibility index (Phi) is 9.98. The number of aliphatic imine (C=N–C) groups is 1. The Bertz CT molecular complexity index is 960. The number of hydrogen-bond acceptors (Lipinski definition) is 7. The van der Waals surface area contributed by atoms with Gasteiger partial charge in [-0.1, -0.05) is 13.0 Å². The summed E-state index contributed by atoms with van der Waals surface area (Å²) < 4.78 is 16.7. The molecule has 9 heteroatoms. The van der Waals surface area contributed by atoms with Crippen molar-refractivity contribution in [1.29, 1.82) is 0 Å². The van der Waals surface area contributed by atoms with Crippen molar-refractivity contribution in [2.24, 2.45) is 10.7 Å². The molecular formula is C26H39N5O4. The van der Waals surface area contributed by atoms with Crippen LogP contribution in [0.3, 0.4) is 0 Å². The van der Waals surface area contributed by atoms with Crippen LogP contribution >= 0.6 is 0 Å². The second kappa shape index (κ2) is 13.2. The second-order valence-corrected chi connectivity index (χ2v) is 8.61. The number of nitrogens with one attached hydrogen (secondary N) is 2. The molecule has 0 radical (unpaired) electrons. The molecule has 2 aliphatic rings. The first kappa shape index (κ1) is 26.6. The fourth-order valence-corrected chi connectivity index (χ4v) is 4.13. The number of hydrogen-bond donors (Lipinski definition) is 3. The zero-order chi connectivity index (χ0) is 25.2. The van der Waals surface area contributed by atoms with E-state index in [1.807, 2.05) is 31.2 Å². The van der Waals surface area contributed by atoms with Crippen LogP contribution in [0.5, 0.6) is 5.75 Å². The standard InChI is InChI=1S/C26H39N5O4/c1-5-19(6-2)26(28-20-9-13-34-14-10-20)30-25(18(3)24(27)32)29-21-7-8-22(23(17-21)33-4)31-11-15-35-16-12-31/h5,7-8,17,20,29H,6,9-16H2,1-4H3,(H2,27,32)(H,28,30)/b19-5+,25-18+. The Balaban J connectivity index is 1.94. The van der Waals surface area contributed by atoms with E-state index in [9.17, 15) is 4.79 Å². The molecule has 3 rings (SSSR count). The topological polar surface area (TPSA) is 110 Å². The summed E-state index contributed by atoms with van der Waals surface area (Å²) in [5, 5.41) is 6.89. The summed E-state index contributed by atoms with van der Waals surface area (Å²) in [5.41, 5.74) is 8.84. The van der Waals surface area contributed by atoms with Crippen LogP contribution in [0.25, 0.3) is 0 Å². The van der Waals surface area contributed by atoms with Crippen LogP contribution in [0, 0.1) is 0 Å². The highest BCUT2D eigenvalue weighted by atomic mass is 16.5. The molecule has 0 unspecified atom stereocenters. The fraction of sp³-hybridized carbons (Fsp3) is 0.538. The highest BCUT2D eigenvalue weighted by Crippen LogP contribution is 2.32. The zero-order valence-corrected chi connectivity index (χ0v) is 21.4. The van der Waals surface area contributed by atoms with Gasteiger partial charge in [-0.2, -0.15) is 0 Å². The molecule has 9 nitrogen and oxygen atoms in total. The first-order chi connectivity index (χ1) is 17.0. The third kappa shape index (κ3) is 7.22. The minimum absolute atomic E-state index is 0.257. The van der Waals surface area contributed by atoms with Gasteiger partial charge in [0.25, 0.3) is 0 Å². The molecule has 0 aliphatic carbocycles. The molecular weight excluding hydrogens is 446 g/mol. The number of primary amides is 1. The van der Waals surface area contributed by atoms with Crippen molar-refractivity contribution in [3.05, 3.63) is 41.2 Å². The Morgan fingerprint density at radius 3 is 2.51 bits per heavy atom. The van der Waals surface area contributed by atoms with E-state index in [0.29, 0.717) is 24.6 Å². The minimum atomic E-state index is -0.530. The molecule has 2 saturated heterocycles. The van der Waals surface area contributed by atoms with Crippen LogP contribution < -0.4 is 26.0 Å². The number of allylic oxidation sites excluding steroid dienone is 1. The third-order valence-electron chi connectivity index (χ3n) is 6.34. The normalized spacial score (nSPS) is 18.7. The van der Waals surface area contributed by atoms with E-state index in [4.69, 9.17) is 24.9 Å². The lowest BCUT2D eigenvalue weighted by Gasteiger charge is -2.30. The van der Waals surface area contributed by atoms with Crippen molar-refractivity contribution in [3.63, 3.8) is 0 Å². The molecule has 2 heterocycles. The Labute approximate surface area is 208 Å². The smallest absolute Gasteiger partial charge is 0.248 e. The number of carbonyl (C=O) groups excluding carboxylic acids is 1. The van der Waals surface area contributed by atoms with Gasteiger partial charge < -0.3 is 35.5 Å². The second-order valence-electron chi connectivity index (χ2n) is 8.61. The van der Waals surface area contributed by atoms with E-state index < -0.39 is 5.91 Å². The molecule has 0 aromatic heterocycles. The van der Waals surface area contributed by atoms with Gasteiger partial charge in [-0.3, -0.25) is 4.79 Å². The summed E-state index contributed by atoms with van der Waals surface area (Å²) in [6, 6.07) is 6.14. The van der Waals surface area contributed by atoms with Gasteiger partial charge in [0.2, 0.25) is 5.91 Å². The SMILES string of the molecule is C/C=C(CC)/C(=N\C(Nc1ccc(N2CCOCC2)c(OC)c1)=C(/C)C(N)=O)NC1CCOCC1. The van der Waals surface area contributed by atoms with E-state index in [1.165, 1.54) is 0 Å². The number of amides is 1.